The molecule has 0 aromatic rings. The highest BCUT2D eigenvalue weighted by molar-refractivity contribution is 5.69. The highest BCUT2D eigenvalue weighted by Gasteiger charge is 2.04. The van der Waals surface area contributed by atoms with Crippen molar-refractivity contribution in [3.05, 3.63) is 0 Å². The molecule has 15 nitrogen and oxygen atoms in total. The van der Waals surface area contributed by atoms with Gasteiger partial charge in [0.2, 0.25) is 0 Å². The molecule has 0 fully saturated rings. The summed E-state index contributed by atoms with van der Waals surface area (Å²) in [4.78, 5) is 21.9. The predicted octanol–water partition coefficient (Wildman–Crippen LogP) is 3.72. The van der Waals surface area contributed by atoms with E-state index in [1.54, 1.807) is 0 Å². The summed E-state index contributed by atoms with van der Waals surface area (Å²) in [6.07, 6.45) is 8.88. The van der Waals surface area contributed by atoms with Crippen LogP contribution in [-0.2, 0) is 66.4 Å². The monoisotopic (exact) mass is 742 g/mol. The van der Waals surface area contributed by atoms with Gasteiger partial charge in [0.25, 0.3) is 0 Å². The first-order valence-corrected chi connectivity index (χ1v) is 18.9. The van der Waals surface area contributed by atoms with Gasteiger partial charge in [-0.25, -0.2) is 0 Å². The standard InChI is InChI=1S/C36H70O15/c1-2-3-4-5-6-9-12-40-13-14-41-15-16-42-17-18-43-19-20-44-21-22-45-23-24-46-25-26-47-27-28-48-29-30-49-31-32-50-33-34-51-36(39)11-8-7-10-35(37)38/h2-34H2,1H3,(H,37,38). The lowest BCUT2D eigenvalue weighted by Gasteiger charge is -2.09. The SMILES string of the molecule is CCCCCCCCOCCOCCOCCOCCOCCOCCOCCOCCOCCOCCOCCOC(=O)CCCCC(=O)O. The van der Waals surface area contributed by atoms with Crippen molar-refractivity contribution >= 4 is 11.9 Å². The van der Waals surface area contributed by atoms with Gasteiger partial charge in [-0.2, -0.15) is 0 Å². The molecule has 0 unspecified atom stereocenters. The molecule has 0 aliphatic heterocycles. The second-order valence-corrected chi connectivity index (χ2v) is 11.3. The lowest BCUT2D eigenvalue weighted by atomic mass is 10.1. The molecule has 0 heterocycles. The van der Waals surface area contributed by atoms with Crippen molar-refractivity contribution in [2.24, 2.45) is 0 Å². The number of carbonyl (C=O) groups is 2. The Morgan fingerprint density at radius 2 is 0.608 bits per heavy atom. The number of ether oxygens (including phenoxy) is 12. The maximum absolute atomic E-state index is 11.5. The Kier molecular flexibility index (Phi) is 43.3. The quantitative estimate of drug-likeness (QED) is 0.0709. The van der Waals surface area contributed by atoms with Crippen LogP contribution >= 0.6 is 0 Å². The summed E-state index contributed by atoms with van der Waals surface area (Å²) in [5.41, 5.74) is 0. The lowest BCUT2D eigenvalue weighted by molar-refractivity contribution is -0.146. The second-order valence-electron chi connectivity index (χ2n) is 11.3. The third-order valence-electron chi connectivity index (χ3n) is 6.87. The zero-order valence-corrected chi connectivity index (χ0v) is 31.5. The molecule has 0 atom stereocenters. The van der Waals surface area contributed by atoms with E-state index in [4.69, 9.17) is 61.9 Å². The van der Waals surface area contributed by atoms with Crippen LogP contribution in [-0.4, -0.2) is 169 Å². The van der Waals surface area contributed by atoms with E-state index in [1.165, 1.54) is 32.1 Å². The Morgan fingerprint density at radius 1 is 0.333 bits per heavy atom. The highest BCUT2D eigenvalue weighted by atomic mass is 16.6. The van der Waals surface area contributed by atoms with E-state index in [1.807, 2.05) is 0 Å². The van der Waals surface area contributed by atoms with Crippen LogP contribution in [0.5, 0.6) is 0 Å². The smallest absolute Gasteiger partial charge is 0.305 e. The Hall–Kier alpha value is -1.50. The summed E-state index contributed by atoms with van der Waals surface area (Å²) in [6, 6.07) is 0. The van der Waals surface area contributed by atoms with Gasteiger partial charge in [0.15, 0.2) is 0 Å². The molecule has 0 spiro atoms. The van der Waals surface area contributed by atoms with Crippen molar-refractivity contribution in [2.45, 2.75) is 71.1 Å². The largest absolute Gasteiger partial charge is 0.481 e. The van der Waals surface area contributed by atoms with Crippen molar-refractivity contribution in [1.29, 1.82) is 0 Å². The number of hydrogen-bond acceptors (Lipinski definition) is 14. The molecule has 0 aromatic heterocycles. The molecule has 0 radical (unpaired) electrons. The van der Waals surface area contributed by atoms with Crippen LogP contribution in [0.1, 0.15) is 71.1 Å². The van der Waals surface area contributed by atoms with Gasteiger partial charge in [-0.15, -0.1) is 0 Å². The minimum Gasteiger partial charge on any atom is -0.481 e. The van der Waals surface area contributed by atoms with Crippen LogP contribution < -0.4 is 0 Å². The summed E-state index contributed by atoms with van der Waals surface area (Å²) >= 11 is 0. The molecule has 0 saturated heterocycles. The molecule has 0 bridgehead atoms. The summed E-state index contributed by atoms with van der Waals surface area (Å²) in [6.45, 7) is 13.5. The van der Waals surface area contributed by atoms with E-state index in [0.717, 1.165) is 13.0 Å². The number of carbonyl (C=O) groups excluding carboxylic acids is 1. The second kappa shape index (κ2) is 44.7. The number of esters is 1. The van der Waals surface area contributed by atoms with Crippen LogP contribution in [0.2, 0.25) is 0 Å². The van der Waals surface area contributed by atoms with Crippen LogP contribution in [0.15, 0.2) is 0 Å². The fourth-order valence-corrected chi connectivity index (χ4v) is 4.12. The van der Waals surface area contributed by atoms with Gasteiger partial charge in [0.05, 0.1) is 139 Å². The summed E-state index contributed by atoms with van der Waals surface area (Å²) in [5.74, 6) is -1.21. The molecule has 304 valence electrons. The third-order valence-corrected chi connectivity index (χ3v) is 6.87. The molecule has 0 aliphatic rings. The average Bonchev–Trinajstić information content (AvgIpc) is 3.12. The molecule has 0 amide bonds. The predicted molar refractivity (Wildman–Crippen MR) is 189 cm³/mol. The van der Waals surface area contributed by atoms with Crippen LogP contribution in [0.3, 0.4) is 0 Å². The van der Waals surface area contributed by atoms with Crippen LogP contribution in [0.4, 0.5) is 0 Å². The molecule has 0 saturated carbocycles. The first kappa shape index (κ1) is 49.5. The van der Waals surface area contributed by atoms with E-state index in [2.05, 4.69) is 6.92 Å². The first-order chi connectivity index (χ1) is 25.2. The van der Waals surface area contributed by atoms with Gasteiger partial charge < -0.3 is 61.9 Å². The molecule has 0 aliphatic carbocycles. The van der Waals surface area contributed by atoms with Gasteiger partial charge in [-0.1, -0.05) is 39.0 Å². The maximum atomic E-state index is 11.5. The maximum Gasteiger partial charge on any atom is 0.305 e. The van der Waals surface area contributed by atoms with Crippen LogP contribution in [0.25, 0.3) is 0 Å². The molecular weight excluding hydrogens is 672 g/mol. The van der Waals surface area contributed by atoms with Crippen molar-refractivity contribution in [1.82, 2.24) is 0 Å². The number of carboxylic acids is 1. The van der Waals surface area contributed by atoms with Gasteiger partial charge in [0.1, 0.15) is 6.61 Å². The molecule has 1 N–H and O–H groups in total. The summed E-state index contributed by atoms with van der Waals surface area (Å²) in [7, 11) is 0. The Labute approximate surface area is 306 Å². The fraction of sp³-hybridized carbons (Fsp3) is 0.944. The molecular formula is C36H70O15. The van der Waals surface area contributed by atoms with Crippen molar-refractivity contribution in [3.8, 4) is 0 Å². The van der Waals surface area contributed by atoms with E-state index in [0.29, 0.717) is 145 Å². The van der Waals surface area contributed by atoms with Crippen molar-refractivity contribution in [2.75, 3.05) is 152 Å². The average molecular weight is 743 g/mol. The lowest BCUT2D eigenvalue weighted by Crippen LogP contribution is -2.15. The number of rotatable bonds is 45. The number of carboxylic acid groups (broad SMARTS) is 1. The fourth-order valence-electron chi connectivity index (χ4n) is 4.12. The number of unbranched alkanes of at least 4 members (excludes halogenated alkanes) is 6. The molecule has 15 heteroatoms. The van der Waals surface area contributed by atoms with Crippen molar-refractivity contribution < 1.29 is 71.5 Å². The van der Waals surface area contributed by atoms with Gasteiger partial charge in [-0.05, 0) is 19.3 Å². The number of aliphatic carboxylic acids is 1. The Morgan fingerprint density at radius 3 is 0.941 bits per heavy atom. The van der Waals surface area contributed by atoms with Gasteiger partial charge in [0, 0.05) is 19.4 Å². The molecule has 51 heavy (non-hydrogen) atoms. The van der Waals surface area contributed by atoms with Gasteiger partial charge >= 0.3 is 11.9 Å². The normalized spacial score (nSPS) is 11.4. The zero-order valence-electron chi connectivity index (χ0n) is 31.5. The van der Waals surface area contributed by atoms with E-state index >= 15 is 0 Å². The minimum absolute atomic E-state index is 0.0607. The van der Waals surface area contributed by atoms with Crippen molar-refractivity contribution in [3.63, 3.8) is 0 Å². The highest BCUT2D eigenvalue weighted by Crippen LogP contribution is 2.05. The summed E-state index contributed by atoms with van der Waals surface area (Å²) in [5, 5.41) is 8.55. The zero-order chi connectivity index (χ0) is 37.0. The Bertz CT molecular complexity index is 702. The summed E-state index contributed by atoms with van der Waals surface area (Å²) < 4.78 is 65.2. The van der Waals surface area contributed by atoms with Gasteiger partial charge in [-0.3, -0.25) is 9.59 Å². The topological polar surface area (TPSA) is 165 Å². The minimum atomic E-state index is -0.862. The first-order valence-electron chi connectivity index (χ1n) is 18.9. The third kappa shape index (κ3) is 46.5. The van der Waals surface area contributed by atoms with E-state index < -0.39 is 5.97 Å². The number of hydrogen-bond donors (Lipinski definition) is 1. The van der Waals surface area contributed by atoms with E-state index in [9.17, 15) is 9.59 Å². The Balaban J connectivity index is 3.09. The van der Waals surface area contributed by atoms with Crippen LogP contribution in [0, 0.1) is 0 Å². The molecule has 0 aromatic carbocycles. The molecule has 0 rings (SSSR count). The van der Waals surface area contributed by atoms with E-state index in [-0.39, 0.29) is 32.0 Å².